The number of hydrogen-bond acceptors (Lipinski definition) is 7. The summed E-state index contributed by atoms with van der Waals surface area (Å²) in [5.74, 6) is -3.14. The zero-order valence-electron chi connectivity index (χ0n) is 8.17. The lowest BCUT2D eigenvalue weighted by Crippen LogP contribution is -2.42. The summed E-state index contributed by atoms with van der Waals surface area (Å²) in [5, 5.41) is 0.595. The van der Waals surface area contributed by atoms with Crippen LogP contribution in [0.5, 0.6) is 0 Å². The largest absolute Gasteiger partial charge is 0.294 e. The Bertz CT molecular complexity index is 456. The van der Waals surface area contributed by atoms with E-state index in [2.05, 4.69) is 29.4 Å². The molecule has 2 rings (SSSR count). The van der Waals surface area contributed by atoms with Crippen LogP contribution >= 0.6 is 24.4 Å². The Balaban J connectivity index is 2.17. The first-order valence-corrected chi connectivity index (χ1v) is 5.22. The minimum atomic E-state index is -0.844. The first-order chi connectivity index (χ1) is 7.91. The lowest BCUT2D eigenvalue weighted by Gasteiger charge is -2.17. The highest BCUT2D eigenvalue weighted by Gasteiger charge is 2.43. The van der Waals surface area contributed by atoms with E-state index in [-0.39, 0.29) is 22.6 Å². The summed E-state index contributed by atoms with van der Waals surface area (Å²) in [4.78, 5) is 49.7. The van der Waals surface area contributed by atoms with Gasteiger partial charge in [0.25, 0.3) is 23.6 Å². The average Bonchev–Trinajstić information content (AvgIpc) is 2.62. The number of carbonyl (C=O) groups excluding carboxylic acids is 4. The smallest absolute Gasteiger partial charge is 0.272 e. The second kappa shape index (κ2) is 4.02. The number of nitrogens with zero attached hydrogens (tertiary/aromatic N) is 2. The molecule has 0 aromatic heterocycles. The van der Waals surface area contributed by atoms with Gasteiger partial charge < -0.3 is 0 Å². The molecular weight excluding hydrogens is 268 g/mol. The molecule has 2 fully saturated rings. The fourth-order valence-electron chi connectivity index (χ4n) is 1.27. The van der Waals surface area contributed by atoms with Crippen LogP contribution in [-0.4, -0.2) is 43.5 Å². The highest BCUT2D eigenvalue weighted by atomic mass is 32.1. The van der Waals surface area contributed by atoms with E-state index < -0.39 is 23.6 Å². The molecule has 0 atom stereocenters. The number of imide groups is 2. The van der Waals surface area contributed by atoms with Gasteiger partial charge in [-0.3, -0.25) is 19.2 Å². The molecule has 0 N–H and O–H groups in total. The van der Waals surface area contributed by atoms with Crippen molar-refractivity contribution in [1.82, 2.24) is 10.1 Å². The molecule has 0 unspecified atom stereocenters. The van der Waals surface area contributed by atoms with Gasteiger partial charge in [0.15, 0.2) is 0 Å². The topological polar surface area (TPSA) is 84.0 Å². The van der Waals surface area contributed by atoms with Crippen LogP contribution in [0.15, 0.2) is 0 Å². The molecule has 7 nitrogen and oxygen atoms in total. The molecule has 17 heavy (non-hydrogen) atoms. The maximum Gasteiger partial charge on any atom is 0.294 e. The molecule has 0 spiro atoms. The molecule has 2 heterocycles. The van der Waals surface area contributed by atoms with Crippen LogP contribution < -0.4 is 0 Å². The second-order valence-corrected chi connectivity index (χ2v) is 4.25. The number of hydroxylamine groups is 4. The molecule has 4 amide bonds. The maximum absolute atomic E-state index is 11.4. The lowest BCUT2D eigenvalue weighted by molar-refractivity contribution is -0.266. The highest BCUT2D eigenvalue weighted by Crippen LogP contribution is 2.17. The van der Waals surface area contributed by atoms with Crippen molar-refractivity contribution in [3.63, 3.8) is 0 Å². The molecule has 2 aliphatic rings. The van der Waals surface area contributed by atoms with E-state index in [1.54, 1.807) is 0 Å². The van der Waals surface area contributed by atoms with E-state index in [4.69, 9.17) is 0 Å². The Morgan fingerprint density at radius 2 is 1.18 bits per heavy atom. The molecule has 88 valence electrons. The molecule has 0 aliphatic carbocycles. The molecule has 0 aromatic carbocycles. The number of hydrogen-bond donors (Lipinski definition) is 0. The Morgan fingerprint density at radius 1 is 0.824 bits per heavy atom. The molecule has 9 heteroatoms. The van der Waals surface area contributed by atoms with Gasteiger partial charge in [0.05, 0.1) is 22.6 Å². The first-order valence-electron chi connectivity index (χ1n) is 4.40. The fraction of sp³-hybridized carbons (Fsp3) is 0.250. The average molecular weight is 272 g/mol. The molecule has 2 saturated heterocycles. The summed E-state index contributed by atoms with van der Waals surface area (Å²) >= 11 is 9.23. The van der Waals surface area contributed by atoms with Crippen LogP contribution in [0.2, 0.25) is 0 Å². The molecular formula is C8H4N2O5S2. The van der Waals surface area contributed by atoms with Crippen molar-refractivity contribution in [2.75, 3.05) is 0 Å². The van der Waals surface area contributed by atoms with E-state index in [0.717, 1.165) is 0 Å². The number of carbonyl (C=O) groups is 4. The normalized spacial score (nSPS) is 21.2. The summed E-state index contributed by atoms with van der Waals surface area (Å²) in [6.45, 7) is 0. The third-order valence-corrected chi connectivity index (χ3v) is 2.72. The van der Waals surface area contributed by atoms with Crippen LogP contribution in [0.1, 0.15) is 12.8 Å². The van der Waals surface area contributed by atoms with Gasteiger partial charge in [0, 0.05) is 0 Å². The molecule has 2 aliphatic heterocycles. The minimum Gasteiger partial charge on any atom is -0.272 e. The maximum atomic E-state index is 11.4. The summed E-state index contributed by atoms with van der Waals surface area (Å²) in [5.41, 5.74) is 0. The van der Waals surface area contributed by atoms with Crippen LogP contribution in [-0.2, 0) is 24.1 Å². The zero-order chi connectivity index (χ0) is 12.7. The molecule has 0 radical (unpaired) electrons. The SMILES string of the molecule is O=C1CC(=S)C(=O)N1ON1C(=O)CC(=S)C1=O. The van der Waals surface area contributed by atoms with E-state index in [0.29, 0.717) is 10.1 Å². The first kappa shape index (κ1) is 11.9. The van der Waals surface area contributed by atoms with Gasteiger partial charge >= 0.3 is 0 Å². The number of rotatable bonds is 2. The van der Waals surface area contributed by atoms with E-state index >= 15 is 0 Å². The van der Waals surface area contributed by atoms with Gasteiger partial charge in [-0.05, 0) is 0 Å². The van der Waals surface area contributed by atoms with Crippen molar-refractivity contribution < 1.29 is 24.1 Å². The quantitative estimate of drug-likeness (QED) is 0.475. The van der Waals surface area contributed by atoms with Crippen molar-refractivity contribution in [3.8, 4) is 0 Å². The van der Waals surface area contributed by atoms with Gasteiger partial charge in [0.1, 0.15) is 0 Å². The predicted molar refractivity (Wildman–Crippen MR) is 59.2 cm³/mol. The van der Waals surface area contributed by atoms with Gasteiger partial charge in [-0.1, -0.05) is 24.4 Å². The third kappa shape index (κ3) is 1.88. The summed E-state index contributed by atoms with van der Waals surface area (Å²) in [7, 11) is 0. The van der Waals surface area contributed by atoms with Gasteiger partial charge in [-0.15, -0.1) is 15.1 Å². The Hall–Kier alpha value is -1.58. The van der Waals surface area contributed by atoms with E-state index in [1.807, 2.05) is 0 Å². The zero-order valence-corrected chi connectivity index (χ0v) is 9.80. The number of amides is 4. The summed E-state index contributed by atoms with van der Waals surface area (Å²) in [6, 6.07) is 0. The van der Waals surface area contributed by atoms with Crippen LogP contribution in [0.4, 0.5) is 0 Å². The van der Waals surface area contributed by atoms with Crippen molar-refractivity contribution in [2.24, 2.45) is 0 Å². The molecule has 0 bridgehead atoms. The number of thiocarbonyl (C=S) groups is 2. The summed E-state index contributed by atoms with van der Waals surface area (Å²) in [6.07, 6.45) is -0.538. The second-order valence-electron chi connectivity index (χ2n) is 3.27. The van der Waals surface area contributed by atoms with Crippen LogP contribution in [0.25, 0.3) is 0 Å². The van der Waals surface area contributed by atoms with Crippen molar-refractivity contribution >= 4 is 57.8 Å². The Morgan fingerprint density at radius 3 is 1.41 bits per heavy atom. The Labute approximate surface area is 105 Å². The van der Waals surface area contributed by atoms with Gasteiger partial charge in [-0.2, -0.15) is 0 Å². The third-order valence-electron chi connectivity index (χ3n) is 2.09. The van der Waals surface area contributed by atoms with Crippen LogP contribution in [0, 0.1) is 0 Å². The van der Waals surface area contributed by atoms with Crippen molar-refractivity contribution in [1.29, 1.82) is 0 Å². The van der Waals surface area contributed by atoms with Gasteiger partial charge in [-0.25, -0.2) is 0 Å². The van der Waals surface area contributed by atoms with E-state index in [9.17, 15) is 19.2 Å². The van der Waals surface area contributed by atoms with E-state index in [1.165, 1.54) is 0 Å². The van der Waals surface area contributed by atoms with Gasteiger partial charge in [0.2, 0.25) is 0 Å². The lowest BCUT2D eigenvalue weighted by atomic mass is 10.4. The highest BCUT2D eigenvalue weighted by molar-refractivity contribution is 7.82. The predicted octanol–water partition coefficient (Wildman–Crippen LogP) is -0.909. The molecule has 0 aromatic rings. The Kier molecular flexibility index (Phi) is 2.81. The van der Waals surface area contributed by atoms with Crippen LogP contribution in [0.3, 0.4) is 0 Å². The minimum absolute atomic E-state index is 0.128. The molecule has 0 saturated carbocycles. The standard InChI is InChI=1S/C8H4N2O5S2/c11-5-1-3(16)7(13)9(5)15-10-6(12)2-4(17)8(10)14/h1-2H2. The monoisotopic (exact) mass is 272 g/mol. The van der Waals surface area contributed by atoms with Crippen molar-refractivity contribution in [2.45, 2.75) is 12.8 Å². The van der Waals surface area contributed by atoms with Crippen molar-refractivity contribution in [3.05, 3.63) is 0 Å². The summed E-state index contributed by atoms with van der Waals surface area (Å²) < 4.78 is 0. The fourth-order valence-corrected chi connectivity index (χ4v) is 1.68.